The van der Waals surface area contributed by atoms with E-state index in [2.05, 4.69) is 4.98 Å². The van der Waals surface area contributed by atoms with E-state index in [0.717, 1.165) is 11.1 Å². The van der Waals surface area contributed by atoms with Gasteiger partial charge >= 0.3 is 0 Å². The quantitative estimate of drug-likeness (QED) is 0.778. The predicted molar refractivity (Wildman–Crippen MR) is 69.1 cm³/mol. The molecular formula is C14H16N2O2. The Bertz CT molecular complexity index is 600. The SMILES string of the molecule is COc1c(C(=O)c2cncn2C)ccc(C)c1C. The van der Waals surface area contributed by atoms with E-state index < -0.39 is 0 Å². The molecular weight excluding hydrogens is 228 g/mol. The molecule has 0 aliphatic heterocycles. The first-order valence-electron chi connectivity index (χ1n) is 5.71. The summed E-state index contributed by atoms with van der Waals surface area (Å²) in [6.07, 6.45) is 3.18. The van der Waals surface area contributed by atoms with Crippen molar-refractivity contribution in [3.05, 3.63) is 47.0 Å². The van der Waals surface area contributed by atoms with Gasteiger partial charge in [0.25, 0.3) is 0 Å². The van der Waals surface area contributed by atoms with E-state index in [1.54, 1.807) is 37.3 Å². The molecule has 4 heteroatoms. The molecule has 0 amide bonds. The topological polar surface area (TPSA) is 44.1 Å². The molecule has 0 bridgehead atoms. The summed E-state index contributed by atoms with van der Waals surface area (Å²) in [6.45, 7) is 3.95. The highest BCUT2D eigenvalue weighted by Crippen LogP contribution is 2.27. The van der Waals surface area contributed by atoms with Gasteiger partial charge in [0.05, 0.1) is 25.2 Å². The standard InChI is InChI=1S/C14H16N2O2/c1-9-5-6-11(14(18-4)10(9)2)13(17)12-7-15-8-16(12)3/h5-8H,1-4H3. The number of aryl methyl sites for hydroxylation is 2. The third-order valence-electron chi connectivity index (χ3n) is 3.17. The van der Waals surface area contributed by atoms with Crippen LogP contribution >= 0.6 is 0 Å². The molecule has 0 saturated heterocycles. The number of hydrogen-bond acceptors (Lipinski definition) is 3. The van der Waals surface area contributed by atoms with Crippen molar-refractivity contribution in [1.29, 1.82) is 0 Å². The third-order valence-corrected chi connectivity index (χ3v) is 3.17. The summed E-state index contributed by atoms with van der Waals surface area (Å²) < 4.78 is 7.07. The largest absolute Gasteiger partial charge is 0.496 e. The molecule has 1 aromatic heterocycles. The number of aromatic nitrogens is 2. The van der Waals surface area contributed by atoms with Crippen LogP contribution in [0.1, 0.15) is 27.2 Å². The molecule has 4 nitrogen and oxygen atoms in total. The zero-order chi connectivity index (χ0) is 13.3. The minimum atomic E-state index is -0.0741. The molecule has 1 heterocycles. The summed E-state index contributed by atoms with van der Waals surface area (Å²) in [5.74, 6) is 0.566. The van der Waals surface area contributed by atoms with Gasteiger partial charge in [0.2, 0.25) is 5.78 Å². The van der Waals surface area contributed by atoms with Crippen LogP contribution in [-0.4, -0.2) is 22.4 Å². The van der Waals surface area contributed by atoms with E-state index in [4.69, 9.17) is 4.74 Å². The van der Waals surface area contributed by atoms with E-state index in [-0.39, 0.29) is 5.78 Å². The number of nitrogens with zero attached hydrogens (tertiary/aromatic N) is 2. The number of benzene rings is 1. The summed E-state index contributed by atoms with van der Waals surface area (Å²) in [5.41, 5.74) is 3.22. The number of imidazole rings is 1. The molecule has 0 spiro atoms. The lowest BCUT2D eigenvalue weighted by molar-refractivity contribution is 0.102. The number of hydrogen-bond donors (Lipinski definition) is 0. The van der Waals surface area contributed by atoms with Crippen LogP contribution in [0.15, 0.2) is 24.7 Å². The van der Waals surface area contributed by atoms with Crippen LogP contribution in [0.3, 0.4) is 0 Å². The van der Waals surface area contributed by atoms with Gasteiger partial charge in [-0.2, -0.15) is 0 Å². The number of ketones is 1. The van der Waals surface area contributed by atoms with Gasteiger partial charge < -0.3 is 9.30 Å². The Morgan fingerprint density at radius 1 is 1.33 bits per heavy atom. The highest BCUT2D eigenvalue weighted by atomic mass is 16.5. The van der Waals surface area contributed by atoms with Crippen LogP contribution < -0.4 is 4.74 Å². The Kier molecular flexibility index (Phi) is 3.19. The average molecular weight is 244 g/mol. The van der Waals surface area contributed by atoms with Crippen molar-refractivity contribution < 1.29 is 9.53 Å². The van der Waals surface area contributed by atoms with Gasteiger partial charge in [0.1, 0.15) is 11.4 Å². The van der Waals surface area contributed by atoms with Crippen molar-refractivity contribution in [1.82, 2.24) is 9.55 Å². The number of ether oxygens (including phenoxy) is 1. The van der Waals surface area contributed by atoms with Gasteiger partial charge in [0, 0.05) is 7.05 Å². The van der Waals surface area contributed by atoms with Gasteiger partial charge in [-0.15, -0.1) is 0 Å². The lowest BCUT2D eigenvalue weighted by Crippen LogP contribution is -2.09. The Morgan fingerprint density at radius 3 is 2.61 bits per heavy atom. The van der Waals surface area contributed by atoms with Crippen LogP contribution in [0.4, 0.5) is 0 Å². The molecule has 0 unspecified atom stereocenters. The molecule has 94 valence electrons. The van der Waals surface area contributed by atoms with Crippen molar-refractivity contribution in [2.75, 3.05) is 7.11 Å². The summed E-state index contributed by atoms with van der Waals surface area (Å²) in [6, 6.07) is 3.73. The van der Waals surface area contributed by atoms with Crippen molar-refractivity contribution in [3.8, 4) is 5.75 Å². The van der Waals surface area contributed by atoms with E-state index in [9.17, 15) is 4.79 Å². The Labute approximate surface area is 106 Å². The van der Waals surface area contributed by atoms with E-state index >= 15 is 0 Å². The van der Waals surface area contributed by atoms with Gasteiger partial charge in [0.15, 0.2) is 0 Å². The van der Waals surface area contributed by atoms with Crippen molar-refractivity contribution in [3.63, 3.8) is 0 Å². The van der Waals surface area contributed by atoms with E-state index in [1.165, 1.54) is 0 Å². The van der Waals surface area contributed by atoms with Gasteiger partial charge in [-0.25, -0.2) is 4.98 Å². The van der Waals surface area contributed by atoms with Crippen molar-refractivity contribution >= 4 is 5.78 Å². The molecule has 18 heavy (non-hydrogen) atoms. The summed E-state index contributed by atoms with van der Waals surface area (Å²) >= 11 is 0. The monoisotopic (exact) mass is 244 g/mol. The minimum Gasteiger partial charge on any atom is -0.496 e. The van der Waals surface area contributed by atoms with Crippen LogP contribution in [0.2, 0.25) is 0 Å². The molecule has 2 aromatic rings. The first-order chi connectivity index (χ1) is 8.56. The normalized spacial score (nSPS) is 10.4. The minimum absolute atomic E-state index is 0.0741. The molecule has 0 aliphatic rings. The Balaban J connectivity index is 2.56. The molecule has 0 radical (unpaired) electrons. The molecule has 0 aliphatic carbocycles. The number of rotatable bonds is 3. The molecule has 0 atom stereocenters. The maximum absolute atomic E-state index is 12.4. The second kappa shape index (κ2) is 4.64. The molecule has 0 saturated carbocycles. The van der Waals surface area contributed by atoms with Crippen LogP contribution in [0, 0.1) is 13.8 Å². The average Bonchev–Trinajstić information content (AvgIpc) is 2.78. The zero-order valence-corrected chi connectivity index (χ0v) is 11.0. The smallest absolute Gasteiger partial charge is 0.214 e. The lowest BCUT2D eigenvalue weighted by atomic mass is 10.0. The lowest BCUT2D eigenvalue weighted by Gasteiger charge is -2.12. The van der Waals surface area contributed by atoms with Crippen molar-refractivity contribution in [2.45, 2.75) is 13.8 Å². The fourth-order valence-electron chi connectivity index (χ4n) is 1.95. The predicted octanol–water partition coefficient (Wildman–Crippen LogP) is 2.28. The third kappa shape index (κ3) is 1.90. The molecule has 1 aromatic carbocycles. The van der Waals surface area contributed by atoms with Gasteiger partial charge in [-0.1, -0.05) is 6.07 Å². The summed E-state index contributed by atoms with van der Waals surface area (Å²) in [4.78, 5) is 16.4. The fourth-order valence-corrected chi connectivity index (χ4v) is 1.95. The maximum Gasteiger partial charge on any atom is 0.214 e. The van der Waals surface area contributed by atoms with Crippen LogP contribution in [-0.2, 0) is 7.05 Å². The van der Waals surface area contributed by atoms with Gasteiger partial charge in [-0.05, 0) is 31.0 Å². The van der Waals surface area contributed by atoms with Gasteiger partial charge in [-0.3, -0.25) is 4.79 Å². The Hall–Kier alpha value is -2.10. The maximum atomic E-state index is 12.4. The molecule has 0 fully saturated rings. The highest BCUT2D eigenvalue weighted by molar-refractivity contribution is 6.09. The second-order valence-corrected chi connectivity index (χ2v) is 4.31. The zero-order valence-electron chi connectivity index (χ0n) is 11.0. The highest BCUT2D eigenvalue weighted by Gasteiger charge is 2.19. The van der Waals surface area contributed by atoms with Crippen molar-refractivity contribution in [2.24, 2.45) is 7.05 Å². The summed E-state index contributed by atoms with van der Waals surface area (Å²) in [7, 11) is 3.38. The first-order valence-corrected chi connectivity index (χ1v) is 5.71. The number of carbonyl (C=O) groups is 1. The first kappa shape index (κ1) is 12.4. The number of carbonyl (C=O) groups excluding carboxylic acids is 1. The van der Waals surface area contributed by atoms with Crippen LogP contribution in [0.25, 0.3) is 0 Å². The molecule has 0 N–H and O–H groups in total. The Morgan fingerprint density at radius 2 is 2.06 bits per heavy atom. The van der Waals surface area contributed by atoms with E-state index in [0.29, 0.717) is 17.0 Å². The second-order valence-electron chi connectivity index (χ2n) is 4.31. The molecule has 2 rings (SSSR count). The van der Waals surface area contributed by atoms with E-state index in [1.807, 2.05) is 19.9 Å². The fraction of sp³-hybridized carbons (Fsp3) is 0.286. The van der Waals surface area contributed by atoms with Crippen LogP contribution in [0.5, 0.6) is 5.75 Å². The summed E-state index contributed by atoms with van der Waals surface area (Å²) in [5, 5.41) is 0. The number of methoxy groups -OCH3 is 1.